The van der Waals surface area contributed by atoms with Crippen LogP contribution in [0.3, 0.4) is 0 Å². The van der Waals surface area contributed by atoms with Crippen LogP contribution in [-0.4, -0.2) is 41.3 Å². The van der Waals surface area contributed by atoms with Gasteiger partial charge in [0.25, 0.3) is 10.0 Å². The number of methoxy groups -OCH3 is 1. The van der Waals surface area contributed by atoms with E-state index in [4.69, 9.17) is 9.47 Å². The molecular formula is C19H24N2O4S. The van der Waals surface area contributed by atoms with Gasteiger partial charge in [-0.3, -0.25) is 4.72 Å². The molecule has 7 heteroatoms. The van der Waals surface area contributed by atoms with Crippen molar-refractivity contribution in [2.45, 2.75) is 24.8 Å². The largest absolute Gasteiger partial charge is 0.494 e. The maximum atomic E-state index is 12.6. The monoisotopic (exact) mass is 376 g/mol. The van der Waals surface area contributed by atoms with E-state index >= 15 is 0 Å². The van der Waals surface area contributed by atoms with Crippen LogP contribution in [0.25, 0.3) is 0 Å². The van der Waals surface area contributed by atoms with Crippen molar-refractivity contribution in [3.05, 3.63) is 48.0 Å². The molecule has 0 radical (unpaired) electrons. The van der Waals surface area contributed by atoms with Crippen molar-refractivity contribution in [1.29, 1.82) is 0 Å². The lowest BCUT2D eigenvalue weighted by atomic mass is 10.1. The molecule has 1 N–H and O–H groups in total. The Kier molecular flexibility index (Phi) is 5.38. The summed E-state index contributed by atoms with van der Waals surface area (Å²) >= 11 is 0. The van der Waals surface area contributed by atoms with Crippen LogP contribution in [0.1, 0.15) is 12.5 Å². The zero-order valence-corrected chi connectivity index (χ0v) is 16.0. The summed E-state index contributed by atoms with van der Waals surface area (Å²) in [5.74, 6) is 0.694. The molecule has 6 nitrogen and oxygen atoms in total. The van der Waals surface area contributed by atoms with Crippen molar-refractivity contribution in [1.82, 2.24) is 0 Å². The summed E-state index contributed by atoms with van der Waals surface area (Å²) in [7, 11) is -1.93. The van der Waals surface area contributed by atoms with E-state index in [9.17, 15) is 8.42 Å². The van der Waals surface area contributed by atoms with Crippen LogP contribution < -0.4 is 14.4 Å². The third kappa shape index (κ3) is 3.94. The van der Waals surface area contributed by atoms with E-state index in [2.05, 4.69) is 9.62 Å². The van der Waals surface area contributed by atoms with Crippen molar-refractivity contribution in [2.75, 3.05) is 36.4 Å². The van der Waals surface area contributed by atoms with Gasteiger partial charge in [0.1, 0.15) is 5.75 Å². The van der Waals surface area contributed by atoms with Crippen LogP contribution in [0.4, 0.5) is 11.4 Å². The van der Waals surface area contributed by atoms with Crippen molar-refractivity contribution < 1.29 is 17.9 Å². The summed E-state index contributed by atoms with van der Waals surface area (Å²) in [4.78, 5) is 2.40. The molecular weight excluding hydrogens is 352 g/mol. The Morgan fingerprint density at radius 2 is 1.85 bits per heavy atom. The summed E-state index contributed by atoms with van der Waals surface area (Å²) in [6, 6.07) is 12.2. The van der Waals surface area contributed by atoms with Gasteiger partial charge in [0.15, 0.2) is 0 Å². The van der Waals surface area contributed by atoms with Gasteiger partial charge in [-0.15, -0.1) is 0 Å². The maximum Gasteiger partial charge on any atom is 0.261 e. The number of benzene rings is 2. The zero-order valence-electron chi connectivity index (χ0n) is 15.2. The molecule has 2 aromatic carbocycles. The van der Waals surface area contributed by atoms with E-state index in [0.717, 1.165) is 24.3 Å². The molecule has 0 amide bonds. The summed E-state index contributed by atoms with van der Waals surface area (Å²) < 4.78 is 38.6. The average molecular weight is 376 g/mol. The Hall–Kier alpha value is -2.25. The minimum Gasteiger partial charge on any atom is -0.494 e. The van der Waals surface area contributed by atoms with Gasteiger partial charge < -0.3 is 14.4 Å². The molecule has 0 aromatic heterocycles. The lowest BCUT2D eigenvalue weighted by Gasteiger charge is -2.40. The van der Waals surface area contributed by atoms with Crippen molar-refractivity contribution in [3.8, 4) is 5.75 Å². The first-order valence-electron chi connectivity index (χ1n) is 8.57. The fraction of sp³-hybridized carbons (Fsp3) is 0.368. The van der Waals surface area contributed by atoms with Gasteiger partial charge in [-0.2, -0.15) is 0 Å². The molecule has 0 saturated carbocycles. The van der Waals surface area contributed by atoms with E-state index < -0.39 is 10.0 Å². The quantitative estimate of drug-likeness (QED) is 0.804. The third-order valence-electron chi connectivity index (χ3n) is 4.42. The smallest absolute Gasteiger partial charge is 0.261 e. The van der Waals surface area contributed by atoms with E-state index in [1.165, 1.54) is 0 Å². The molecule has 26 heavy (non-hydrogen) atoms. The standard InChI is InChI=1S/C19H24N2O4S/c1-4-25-19-10-9-18(11-14(19)2)26(22,23)20-15-5-7-16(8-6-15)21-12-17(13-21)24-3/h5-11,17,20H,4,12-13H2,1-3H3. The minimum absolute atomic E-state index is 0.216. The molecule has 0 spiro atoms. The van der Waals surface area contributed by atoms with Crippen molar-refractivity contribution in [2.24, 2.45) is 0 Å². The molecule has 1 heterocycles. The van der Waals surface area contributed by atoms with Crippen LogP contribution in [0.2, 0.25) is 0 Å². The number of ether oxygens (including phenoxy) is 2. The maximum absolute atomic E-state index is 12.6. The summed E-state index contributed by atoms with van der Waals surface area (Å²) in [5.41, 5.74) is 2.37. The first-order chi connectivity index (χ1) is 12.4. The van der Waals surface area contributed by atoms with Crippen LogP contribution in [0.15, 0.2) is 47.4 Å². The Labute approximate surface area is 154 Å². The van der Waals surface area contributed by atoms with Crippen LogP contribution >= 0.6 is 0 Å². The molecule has 1 aliphatic rings. The van der Waals surface area contributed by atoms with E-state index in [-0.39, 0.29) is 11.0 Å². The van der Waals surface area contributed by atoms with Gasteiger partial charge in [0.05, 0.1) is 17.6 Å². The number of anilines is 2. The number of hydrogen-bond acceptors (Lipinski definition) is 5. The molecule has 0 unspecified atom stereocenters. The highest BCUT2D eigenvalue weighted by Gasteiger charge is 2.26. The Morgan fingerprint density at radius 1 is 1.15 bits per heavy atom. The summed E-state index contributed by atoms with van der Waals surface area (Å²) in [6.07, 6.45) is 0.274. The molecule has 2 aromatic rings. The number of rotatable bonds is 7. The van der Waals surface area contributed by atoms with Crippen molar-refractivity contribution in [3.63, 3.8) is 0 Å². The predicted octanol–water partition coefficient (Wildman–Crippen LogP) is 3.03. The number of aryl methyl sites for hydroxylation is 1. The molecule has 3 rings (SSSR count). The number of hydrogen-bond donors (Lipinski definition) is 1. The third-order valence-corrected chi connectivity index (χ3v) is 5.80. The topological polar surface area (TPSA) is 67.9 Å². The highest BCUT2D eigenvalue weighted by Crippen LogP contribution is 2.26. The molecule has 0 bridgehead atoms. The molecule has 1 fully saturated rings. The normalized spacial score (nSPS) is 14.8. The van der Waals surface area contributed by atoms with E-state index in [1.807, 2.05) is 26.0 Å². The summed E-state index contributed by atoms with van der Waals surface area (Å²) in [6.45, 7) is 5.98. The van der Waals surface area contributed by atoms with Crippen LogP contribution in [0, 0.1) is 6.92 Å². The van der Waals surface area contributed by atoms with Gasteiger partial charge in [-0.05, 0) is 61.9 Å². The van der Waals surface area contributed by atoms with Gasteiger partial charge in [-0.1, -0.05) is 0 Å². The molecule has 1 saturated heterocycles. The highest BCUT2D eigenvalue weighted by molar-refractivity contribution is 7.92. The van der Waals surface area contributed by atoms with Gasteiger partial charge in [0, 0.05) is 31.6 Å². The van der Waals surface area contributed by atoms with Gasteiger partial charge in [0.2, 0.25) is 0 Å². The Bertz CT molecular complexity index is 860. The molecule has 140 valence electrons. The predicted molar refractivity (Wildman–Crippen MR) is 103 cm³/mol. The first-order valence-corrected chi connectivity index (χ1v) is 10.1. The summed E-state index contributed by atoms with van der Waals surface area (Å²) in [5, 5.41) is 0. The fourth-order valence-corrected chi connectivity index (χ4v) is 4.00. The van der Waals surface area contributed by atoms with Gasteiger partial charge >= 0.3 is 0 Å². The van der Waals surface area contributed by atoms with E-state index in [0.29, 0.717) is 18.0 Å². The highest BCUT2D eigenvalue weighted by atomic mass is 32.2. The molecule has 0 atom stereocenters. The number of nitrogens with one attached hydrogen (secondary N) is 1. The second-order valence-corrected chi connectivity index (χ2v) is 7.96. The van der Waals surface area contributed by atoms with Gasteiger partial charge in [-0.25, -0.2) is 8.42 Å². The van der Waals surface area contributed by atoms with Crippen molar-refractivity contribution >= 4 is 21.4 Å². The number of nitrogens with zero attached hydrogens (tertiary/aromatic N) is 1. The second-order valence-electron chi connectivity index (χ2n) is 6.28. The van der Waals surface area contributed by atoms with Crippen LogP contribution in [0.5, 0.6) is 5.75 Å². The van der Waals surface area contributed by atoms with Crippen LogP contribution in [-0.2, 0) is 14.8 Å². The Morgan fingerprint density at radius 3 is 2.42 bits per heavy atom. The number of sulfonamides is 1. The molecule has 0 aliphatic carbocycles. The lowest BCUT2D eigenvalue weighted by Crippen LogP contribution is -2.51. The Balaban J connectivity index is 1.70. The first kappa shape index (κ1) is 18.5. The second kappa shape index (κ2) is 7.55. The lowest BCUT2D eigenvalue weighted by molar-refractivity contribution is 0.0788. The SMILES string of the molecule is CCOc1ccc(S(=O)(=O)Nc2ccc(N3CC(OC)C3)cc2)cc1C. The zero-order chi connectivity index (χ0) is 18.7. The van der Waals surface area contributed by atoms with E-state index in [1.54, 1.807) is 37.4 Å². The fourth-order valence-electron chi connectivity index (χ4n) is 2.86. The molecule has 1 aliphatic heterocycles. The minimum atomic E-state index is -3.64. The average Bonchev–Trinajstić information content (AvgIpc) is 2.57.